The number of hydrogen-bond donors (Lipinski definition) is 2. The lowest BCUT2D eigenvalue weighted by molar-refractivity contribution is 0.0600. The molecule has 106 valence electrons. The number of esters is 1. The number of methoxy groups -OCH3 is 1. The number of benzene rings is 1. The zero-order valence-corrected chi connectivity index (χ0v) is 12.0. The Morgan fingerprint density at radius 2 is 2.00 bits per heavy atom. The van der Waals surface area contributed by atoms with Crippen molar-refractivity contribution >= 4 is 16.0 Å². The fourth-order valence-corrected chi connectivity index (χ4v) is 2.65. The van der Waals surface area contributed by atoms with Gasteiger partial charge in [-0.1, -0.05) is 0 Å². The van der Waals surface area contributed by atoms with E-state index in [9.17, 15) is 13.2 Å². The van der Waals surface area contributed by atoms with Gasteiger partial charge in [0, 0.05) is 13.1 Å². The summed E-state index contributed by atoms with van der Waals surface area (Å²) >= 11 is 0. The van der Waals surface area contributed by atoms with Crippen molar-refractivity contribution in [1.29, 1.82) is 0 Å². The molecule has 1 aromatic carbocycles. The van der Waals surface area contributed by atoms with Crippen LogP contribution >= 0.6 is 0 Å². The molecule has 0 saturated carbocycles. The maximum Gasteiger partial charge on any atom is 0.338 e. The average molecular weight is 286 g/mol. The SMILES string of the molecule is CNCCNS(=O)(=O)c1ccc(C(=O)OC)c(C)c1. The summed E-state index contributed by atoms with van der Waals surface area (Å²) in [4.78, 5) is 11.5. The summed E-state index contributed by atoms with van der Waals surface area (Å²) in [6.07, 6.45) is 0. The van der Waals surface area contributed by atoms with E-state index >= 15 is 0 Å². The molecular formula is C12H18N2O4S. The van der Waals surface area contributed by atoms with Crippen LogP contribution in [-0.2, 0) is 14.8 Å². The van der Waals surface area contributed by atoms with Crippen molar-refractivity contribution in [3.05, 3.63) is 29.3 Å². The lowest BCUT2D eigenvalue weighted by Gasteiger charge is -2.09. The highest BCUT2D eigenvalue weighted by Gasteiger charge is 2.16. The summed E-state index contributed by atoms with van der Waals surface area (Å²) in [5, 5.41) is 2.85. The van der Waals surface area contributed by atoms with Gasteiger partial charge in [0.05, 0.1) is 17.6 Å². The Kier molecular flexibility index (Phi) is 5.46. The molecule has 0 bridgehead atoms. The van der Waals surface area contributed by atoms with E-state index in [1.807, 2.05) is 0 Å². The maximum absolute atomic E-state index is 12.0. The van der Waals surface area contributed by atoms with Gasteiger partial charge in [0.1, 0.15) is 0 Å². The van der Waals surface area contributed by atoms with Crippen LogP contribution in [0, 0.1) is 6.92 Å². The monoisotopic (exact) mass is 286 g/mol. The highest BCUT2D eigenvalue weighted by Crippen LogP contribution is 2.16. The van der Waals surface area contributed by atoms with Gasteiger partial charge in [0.2, 0.25) is 10.0 Å². The number of hydrogen-bond acceptors (Lipinski definition) is 5. The molecule has 0 atom stereocenters. The maximum atomic E-state index is 12.0. The van der Waals surface area contributed by atoms with Crippen molar-refractivity contribution in [3.63, 3.8) is 0 Å². The standard InChI is InChI=1S/C12H18N2O4S/c1-9-8-10(4-5-11(9)12(15)18-3)19(16,17)14-7-6-13-2/h4-5,8,13-14H,6-7H2,1-3H3. The molecular weight excluding hydrogens is 268 g/mol. The van der Waals surface area contributed by atoms with Gasteiger partial charge < -0.3 is 10.1 Å². The smallest absolute Gasteiger partial charge is 0.338 e. The van der Waals surface area contributed by atoms with Crippen LogP contribution in [0.15, 0.2) is 23.1 Å². The minimum Gasteiger partial charge on any atom is -0.465 e. The van der Waals surface area contributed by atoms with Crippen LogP contribution in [0.5, 0.6) is 0 Å². The topological polar surface area (TPSA) is 84.5 Å². The Morgan fingerprint density at radius 3 is 2.53 bits per heavy atom. The summed E-state index contributed by atoms with van der Waals surface area (Å²) in [6.45, 7) is 2.51. The van der Waals surface area contributed by atoms with Gasteiger partial charge in [-0.05, 0) is 37.7 Å². The van der Waals surface area contributed by atoms with E-state index < -0.39 is 16.0 Å². The predicted molar refractivity (Wildman–Crippen MR) is 71.6 cm³/mol. The molecule has 0 aromatic heterocycles. The molecule has 0 aliphatic heterocycles. The summed E-state index contributed by atoms with van der Waals surface area (Å²) in [7, 11) is -0.523. The lowest BCUT2D eigenvalue weighted by Crippen LogP contribution is -2.30. The zero-order chi connectivity index (χ0) is 14.5. The molecule has 0 heterocycles. The Labute approximate surface area is 113 Å². The second-order valence-electron chi connectivity index (χ2n) is 3.97. The normalized spacial score (nSPS) is 11.3. The second-order valence-corrected chi connectivity index (χ2v) is 5.74. The number of carbonyl (C=O) groups is 1. The number of likely N-dealkylation sites (N-methyl/N-ethyl adjacent to an activating group) is 1. The highest BCUT2D eigenvalue weighted by atomic mass is 32.2. The Bertz CT molecular complexity index is 555. The summed E-state index contributed by atoms with van der Waals surface area (Å²) in [5.74, 6) is -0.482. The molecule has 0 spiro atoms. The third kappa shape index (κ3) is 4.02. The molecule has 0 unspecified atom stereocenters. The fraction of sp³-hybridized carbons (Fsp3) is 0.417. The van der Waals surface area contributed by atoms with E-state index in [1.54, 1.807) is 14.0 Å². The van der Waals surface area contributed by atoms with Crippen LogP contribution in [0.25, 0.3) is 0 Å². The first kappa shape index (κ1) is 15.6. The summed E-state index contributed by atoms with van der Waals surface area (Å²) < 4.78 is 31.0. The van der Waals surface area contributed by atoms with Crippen molar-refractivity contribution in [2.45, 2.75) is 11.8 Å². The van der Waals surface area contributed by atoms with Crippen molar-refractivity contribution in [1.82, 2.24) is 10.0 Å². The number of ether oxygens (including phenoxy) is 1. The Balaban J connectivity index is 2.97. The number of aryl methyl sites for hydroxylation is 1. The van der Waals surface area contributed by atoms with E-state index in [-0.39, 0.29) is 4.90 Å². The molecule has 1 aromatic rings. The summed E-state index contributed by atoms with van der Waals surface area (Å²) in [6, 6.07) is 4.29. The fourth-order valence-electron chi connectivity index (χ4n) is 1.54. The average Bonchev–Trinajstić information content (AvgIpc) is 2.38. The quantitative estimate of drug-likeness (QED) is 0.579. The predicted octanol–water partition coefficient (Wildman–Crippen LogP) is 0.279. The van der Waals surface area contributed by atoms with Gasteiger partial charge in [0.15, 0.2) is 0 Å². The minimum atomic E-state index is -3.55. The van der Waals surface area contributed by atoms with E-state index in [0.29, 0.717) is 24.2 Å². The molecule has 0 saturated heterocycles. The second kappa shape index (κ2) is 6.65. The molecule has 0 aliphatic rings. The first-order valence-electron chi connectivity index (χ1n) is 5.75. The third-order valence-electron chi connectivity index (χ3n) is 2.58. The molecule has 1 rings (SSSR count). The number of carbonyl (C=O) groups excluding carboxylic acids is 1. The first-order chi connectivity index (χ1) is 8.92. The Morgan fingerprint density at radius 1 is 1.32 bits per heavy atom. The molecule has 0 fully saturated rings. The van der Waals surface area contributed by atoms with Gasteiger partial charge in [0.25, 0.3) is 0 Å². The van der Waals surface area contributed by atoms with Crippen molar-refractivity contribution in [3.8, 4) is 0 Å². The van der Waals surface area contributed by atoms with Gasteiger partial charge in [-0.3, -0.25) is 0 Å². The molecule has 2 N–H and O–H groups in total. The molecule has 19 heavy (non-hydrogen) atoms. The van der Waals surface area contributed by atoms with Crippen molar-refractivity contribution in [2.24, 2.45) is 0 Å². The zero-order valence-electron chi connectivity index (χ0n) is 11.2. The van der Waals surface area contributed by atoms with Crippen LogP contribution in [0.3, 0.4) is 0 Å². The van der Waals surface area contributed by atoms with Crippen LogP contribution in [-0.4, -0.2) is 41.6 Å². The molecule has 7 heteroatoms. The van der Waals surface area contributed by atoms with Crippen LogP contribution in [0.4, 0.5) is 0 Å². The largest absolute Gasteiger partial charge is 0.465 e. The van der Waals surface area contributed by atoms with Gasteiger partial charge in [-0.2, -0.15) is 0 Å². The highest BCUT2D eigenvalue weighted by molar-refractivity contribution is 7.89. The first-order valence-corrected chi connectivity index (χ1v) is 7.24. The van der Waals surface area contributed by atoms with Crippen molar-refractivity contribution < 1.29 is 17.9 Å². The van der Waals surface area contributed by atoms with E-state index in [1.165, 1.54) is 25.3 Å². The van der Waals surface area contributed by atoms with E-state index in [4.69, 9.17) is 0 Å². The van der Waals surface area contributed by atoms with Crippen LogP contribution in [0.1, 0.15) is 15.9 Å². The Hall–Kier alpha value is -1.44. The molecule has 0 aliphatic carbocycles. The number of nitrogens with one attached hydrogen (secondary N) is 2. The van der Waals surface area contributed by atoms with Gasteiger partial charge in [-0.15, -0.1) is 0 Å². The molecule has 6 nitrogen and oxygen atoms in total. The van der Waals surface area contributed by atoms with Gasteiger partial charge in [-0.25, -0.2) is 17.9 Å². The summed E-state index contributed by atoms with van der Waals surface area (Å²) in [5.41, 5.74) is 0.917. The minimum absolute atomic E-state index is 0.133. The molecule has 0 radical (unpaired) electrons. The lowest BCUT2D eigenvalue weighted by atomic mass is 10.1. The molecule has 0 amide bonds. The van der Waals surface area contributed by atoms with E-state index in [0.717, 1.165) is 0 Å². The van der Waals surface area contributed by atoms with Gasteiger partial charge >= 0.3 is 5.97 Å². The van der Waals surface area contributed by atoms with Crippen LogP contribution in [0.2, 0.25) is 0 Å². The number of rotatable bonds is 6. The van der Waals surface area contributed by atoms with Crippen molar-refractivity contribution in [2.75, 3.05) is 27.2 Å². The van der Waals surface area contributed by atoms with E-state index in [2.05, 4.69) is 14.8 Å². The number of sulfonamides is 1. The van der Waals surface area contributed by atoms with Crippen LogP contribution < -0.4 is 10.0 Å². The third-order valence-corrected chi connectivity index (χ3v) is 4.04.